The van der Waals surface area contributed by atoms with Crippen molar-refractivity contribution in [1.82, 2.24) is 15.1 Å². The van der Waals surface area contributed by atoms with E-state index in [1.807, 2.05) is 11.8 Å². The average molecular weight is 309 g/mol. The van der Waals surface area contributed by atoms with Gasteiger partial charge in [0.15, 0.2) is 0 Å². The van der Waals surface area contributed by atoms with Crippen molar-refractivity contribution >= 4 is 0 Å². The largest absolute Gasteiger partial charge is 0.424 e. The van der Waals surface area contributed by atoms with E-state index in [0.29, 0.717) is 37.7 Å². The third-order valence-corrected chi connectivity index (χ3v) is 3.85. The zero-order chi connectivity index (χ0) is 15.7. The summed E-state index contributed by atoms with van der Waals surface area (Å²) in [6, 6.07) is 2.95. The molecule has 1 aromatic carbocycles. The lowest BCUT2D eigenvalue weighted by atomic mass is 10.0. The van der Waals surface area contributed by atoms with E-state index in [1.165, 1.54) is 6.07 Å². The van der Waals surface area contributed by atoms with Crippen LogP contribution in [0.5, 0.6) is 0 Å². The van der Waals surface area contributed by atoms with E-state index in [-0.39, 0.29) is 5.56 Å². The molecule has 1 saturated heterocycles. The average Bonchev–Trinajstić information content (AvgIpc) is 3.08. The quantitative estimate of drug-likeness (QED) is 0.938. The van der Waals surface area contributed by atoms with Crippen LogP contribution in [0.4, 0.5) is 8.78 Å². The van der Waals surface area contributed by atoms with Crippen molar-refractivity contribution in [2.24, 2.45) is 0 Å². The SMILES string of the molecule is CCc1nnc(CN2C[C@@H](O)C[C@@H]2c2cc(F)ccc2F)o1. The molecule has 5 nitrogen and oxygen atoms in total. The predicted molar refractivity (Wildman–Crippen MR) is 73.8 cm³/mol. The van der Waals surface area contributed by atoms with Crippen LogP contribution in [0.2, 0.25) is 0 Å². The molecule has 118 valence electrons. The summed E-state index contributed by atoms with van der Waals surface area (Å²) in [4.78, 5) is 1.83. The number of aryl methyl sites for hydroxylation is 1. The van der Waals surface area contributed by atoms with Crippen LogP contribution in [-0.4, -0.2) is 32.9 Å². The Morgan fingerprint density at radius 1 is 1.32 bits per heavy atom. The number of aliphatic hydroxyl groups is 1. The van der Waals surface area contributed by atoms with Gasteiger partial charge in [-0.2, -0.15) is 0 Å². The van der Waals surface area contributed by atoms with Crippen LogP contribution in [0.3, 0.4) is 0 Å². The number of halogens is 2. The van der Waals surface area contributed by atoms with Gasteiger partial charge in [0.05, 0.1) is 12.6 Å². The number of benzene rings is 1. The molecular formula is C15H17F2N3O2. The number of hydrogen-bond donors (Lipinski definition) is 1. The third-order valence-electron chi connectivity index (χ3n) is 3.85. The highest BCUT2D eigenvalue weighted by Crippen LogP contribution is 2.34. The summed E-state index contributed by atoms with van der Waals surface area (Å²) >= 11 is 0. The lowest BCUT2D eigenvalue weighted by Crippen LogP contribution is -2.25. The molecule has 0 unspecified atom stereocenters. The Kier molecular flexibility index (Phi) is 4.17. The van der Waals surface area contributed by atoms with Gasteiger partial charge in [-0.3, -0.25) is 4.90 Å². The summed E-state index contributed by atoms with van der Waals surface area (Å²) in [5, 5.41) is 17.7. The number of β-amino-alcohol motifs (C(OH)–C–C–N with tert-alkyl or cyclic N) is 1. The van der Waals surface area contributed by atoms with Crippen molar-refractivity contribution in [2.45, 2.75) is 38.5 Å². The molecule has 0 radical (unpaired) electrons. The monoisotopic (exact) mass is 309 g/mol. The summed E-state index contributed by atoms with van der Waals surface area (Å²) in [5.41, 5.74) is 0.242. The third kappa shape index (κ3) is 3.00. The molecule has 1 fully saturated rings. The molecule has 2 atom stereocenters. The van der Waals surface area contributed by atoms with Crippen molar-refractivity contribution < 1.29 is 18.3 Å². The highest BCUT2D eigenvalue weighted by molar-refractivity contribution is 5.24. The Morgan fingerprint density at radius 2 is 2.09 bits per heavy atom. The number of rotatable bonds is 4. The van der Waals surface area contributed by atoms with Crippen LogP contribution in [-0.2, 0) is 13.0 Å². The van der Waals surface area contributed by atoms with Crippen LogP contribution in [0.1, 0.15) is 36.7 Å². The summed E-state index contributed by atoms with van der Waals surface area (Å²) < 4.78 is 32.9. The van der Waals surface area contributed by atoms with Crippen molar-refractivity contribution in [3.05, 3.63) is 47.2 Å². The molecule has 0 spiro atoms. The topological polar surface area (TPSA) is 62.4 Å². The first-order valence-corrected chi connectivity index (χ1v) is 7.25. The molecule has 2 heterocycles. The van der Waals surface area contributed by atoms with E-state index in [9.17, 15) is 13.9 Å². The normalized spacial score (nSPS) is 22.4. The highest BCUT2D eigenvalue weighted by atomic mass is 19.1. The molecule has 1 N–H and O–H groups in total. The van der Waals surface area contributed by atoms with Crippen LogP contribution in [0, 0.1) is 11.6 Å². The van der Waals surface area contributed by atoms with Gasteiger partial charge in [0, 0.05) is 24.6 Å². The summed E-state index contributed by atoms with van der Waals surface area (Å²) in [7, 11) is 0. The Balaban J connectivity index is 1.84. The van der Waals surface area contributed by atoms with E-state index in [0.717, 1.165) is 12.1 Å². The number of likely N-dealkylation sites (tertiary alicyclic amines) is 1. The van der Waals surface area contributed by atoms with E-state index in [4.69, 9.17) is 4.42 Å². The van der Waals surface area contributed by atoms with Gasteiger partial charge in [0.1, 0.15) is 11.6 Å². The van der Waals surface area contributed by atoms with Gasteiger partial charge in [-0.15, -0.1) is 10.2 Å². The standard InChI is InChI=1S/C15H17F2N3O2/c1-2-14-18-19-15(22-14)8-20-7-10(21)6-13(20)11-5-9(16)3-4-12(11)17/h3-5,10,13,21H,2,6-8H2,1H3/t10-,13+/m0/s1. The Labute approximate surface area is 126 Å². The number of aromatic nitrogens is 2. The fourth-order valence-corrected chi connectivity index (χ4v) is 2.82. The minimum absolute atomic E-state index is 0.242. The molecule has 1 aliphatic heterocycles. The van der Waals surface area contributed by atoms with E-state index in [2.05, 4.69) is 10.2 Å². The fraction of sp³-hybridized carbons (Fsp3) is 0.467. The lowest BCUT2D eigenvalue weighted by Gasteiger charge is -2.23. The molecule has 0 amide bonds. The summed E-state index contributed by atoms with van der Waals surface area (Å²) in [6.07, 6.45) is 0.383. The smallest absolute Gasteiger partial charge is 0.230 e. The lowest BCUT2D eigenvalue weighted by molar-refractivity contribution is 0.166. The van der Waals surface area contributed by atoms with E-state index >= 15 is 0 Å². The molecular weight excluding hydrogens is 292 g/mol. The maximum Gasteiger partial charge on any atom is 0.230 e. The van der Waals surface area contributed by atoms with E-state index < -0.39 is 23.8 Å². The zero-order valence-corrected chi connectivity index (χ0v) is 12.2. The first kappa shape index (κ1) is 15.1. The molecule has 1 aromatic heterocycles. The maximum atomic E-state index is 14.0. The minimum Gasteiger partial charge on any atom is -0.424 e. The summed E-state index contributed by atoms with van der Waals surface area (Å²) in [6.45, 7) is 2.55. The molecule has 3 rings (SSSR count). The van der Waals surface area contributed by atoms with Crippen LogP contribution < -0.4 is 0 Å². The molecule has 22 heavy (non-hydrogen) atoms. The Bertz CT molecular complexity index is 662. The van der Waals surface area contributed by atoms with E-state index in [1.54, 1.807) is 0 Å². The van der Waals surface area contributed by atoms with Crippen molar-refractivity contribution in [1.29, 1.82) is 0 Å². The minimum atomic E-state index is -0.596. The zero-order valence-electron chi connectivity index (χ0n) is 12.2. The maximum absolute atomic E-state index is 14.0. The predicted octanol–water partition coefficient (Wildman–Crippen LogP) is 2.22. The molecule has 7 heteroatoms. The van der Waals surface area contributed by atoms with Crippen molar-refractivity contribution in [2.75, 3.05) is 6.54 Å². The van der Waals surface area contributed by atoms with Gasteiger partial charge in [0.25, 0.3) is 0 Å². The van der Waals surface area contributed by atoms with Crippen LogP contribution in [0.25, 0.3) is 0 Å². The second-order valence-electron chi connectivity index (χ2n) is 5.44. The molecule has 0 bridgehead atoms. The first-order chi connectivity index (χ1) is 10.6. The second kappa shape index (κ2) is 6.10. The molecule has 1 aliphatic rings. The summed E-state index contributed by atoms with van der Waals surface area (Å²) in [5.74, 6) is -0.0370. The van der Waals surface area contributed by atoms with Gasteiger partial charge in [-0.25, -0.2) is 8.78 Å². The highest BCUT2D eigenvalue weighted by Gasteiger charge is 2.34. The number of aliphatic hydroxyl groups excluding tert-OH is 1. The van der Waals surface area contributed by atoms with Gasteiger partial charge in [0.2, 0.25) is 11.8 Å². The van der Waals surface area contributed by atoms with Gasteiger partial charge >= 0.3 is 0 Å². The van der Waals surface area contributed by atoms with Gasteiger partial charge in [-0.1, -0.05) is 6.92 Å². The van der Waals surface area contributed by atoms with Crippen LogP contribution in [0.15, 0.2) is 22.6 Å². The van der Waals surface area contributed by atoms with Gasteiger partial charge < -0.3 is 9.52 Å². The van der Waals surface area contributed by atoms with Crippen LogP contribution >= 0.6 is 0 Å². The van der Waals surface area contributed by atoms with Crippen molar-refractivity contribution in [3.8, 4) is 0 Å². The number of nitrogens with zero attached hydrogens (tertiary/aromatic N) is 3. The fourth-order valence-electron chi connectivity index (χ4n) is 2.82. The molecule has 0 aliphatic carbocycles. The molecule has 0 saturated carbocycles. The van der Waals surface area contributed by atoms with Crippen molar-refractivity contribution in [3.63, 3.8) is 0 Å². The van der Waals surface area contributed by atoms with Gasteiger partial charge in [-0.05, 0) is 24.6 Å². The Morgan fingerprint density at radius 3 is 2.82 bits per heavy atom. The Hall–Kier alpha value is -1.86. The molecule has 2 aromatic rings. The number of hydrogen-bond acceptors (Lipinski definition) is 5. The first-order valence-electron chi connectivity index (χ1n) is 7.25. The second-order valence-corrected chi connectivity index (χ2v) is 5.44.